The van der Waals surface area contributed by atoms with Crippen molar-refractivity contribution in [3.63, 3.8) is 0 Å². The molecule has 34 heavy (non-hydrogen) atoms. The smallest absolute Gasteiger partial charge is 0.233 e. The molecular weight excluding hydrogens is 480 g/mol. The minimum atomic E-state index is -0.673. The Bertz CT molecular complexity index is 1280. The Balaban J connectivity index is 1.55. The van der Waals surface area contributed by atoms with E-state index in [1.807, 2.05) is 6.07 Å². The predicted molar refractivity (Wildman–Crippen MR) is 132 cm³/mol. The van der Waals surface area contributed by atoms with Crippen molar-refractivity contribution in [2.24, 2.45) is 5.41 Å². The zero-order valence-electron chi connectivity index (χ0n) is 18.9. The highest BCUT2D eigenvalue weighted by Crippen LogP contribution is 2.46. The summed E-state index contributed by atoms with van der Waals surface area (Å²) in [5.41, 5.74) is 1.06. The van der Waals surface area contributed by atoms with Gasteiger partial charge in [0.05, 0.1) is 39.5 Å². The van der Waals surface area contributed by atoms with Crippen LogP contribution in [-0.2, 0) is 4.79 Å². The highest BCUT2D eigenvalue weighted by atomic mass is 35.5. The quantitative estimate of drug-likeness (QED) is 0.488. The van der Waals surface area contributed by atoms with Crippen LogP contribution in [0.4, 0.5) is 21.6 Å². The maximum Gasteiger partial charge on any atom is 0.233 e. The largest absolute Gasteiger partial charge is 0.494 e. The number of nitrogens with zero attached hydrogens (tertiary/aromatic N) is 4. The predicted octanol–water partition coefficient (Wildman–Crippen LogP) is 5.28. The lowest BCUT2D eigenvalue weighted by Crippen LogP contribution is -2.43. The number of hydrogen-bond acceptors (Lipinski definition) is 6. The first-order valence-electron chi connectivity index (χ1n) is 11.1. The van der Waals surface area contributed by atoms with Crippen LogP contribution in [0.25, 0.3) is 10.9 Å². The van der Waals surface area contributed by atoms with Crippen LogP contribution in [0, 0.1) is 11.2 Å². The van der Waals surface area contributed by atoms with Crippen LogP contribution in [0.15, 0.2) is 30.6 Å². The molecule has 10 heteroatoms. The van der Waals surface area contributed by atoms with E-state index in [0.29, 0.717) is 34.7 Å². The van der Waals surface area contributed by atoms with Gasteiger partial charge in [-0.15, -0.1) is 0 Å². The van der Waals surface area contributed by atoms with E-state index < -0.39 is 5.82 Å². The number of anilines is 3. The number of likely N-dealkylation sites (tertiary alicyclic amines) is 1. The van der Waals surface area contributed by atoms with Crippen molar-refractivity contribution in [1.82, 2.24) is 14.9 Å². The van der Waals surface area contributed by atoms with Gasteiger partial charge in [-0.25, -0.2) is 14.4 Å². The van der Waals surface area contributed by atoms with Gasteiger partial charge < -0.3 is 19.9 Å². The van der Waals surface area contributed by atoms with Crippen LogP contribution in [0.5, 0.6) is 5.75 Å². The van der Waals surface area contributed by atoms with Gasteiger partial charge in [0.15, 0.2) is 5.82 Å². The van der Waals surface area contributed by atoms with Crippen LogP contribution in [-0.4, -0.2) is 54.6 Å². The van der Waals surface area contributed by atoms with Crippen molar-refractivity contribution in [2.75, 3.05) is 44.0 Å². The number of ether oxygens (including phenoxy) is 1. The fraction of sp³-hybridized carbons (Fsp3) is 0.375. The van der Waals surface area contributed by atoms with Crippen molar-refractivity contribution in [3.8, 4) is 5.75 Å². The molecule has 1 aromatic heterocycles. The summed E-state index contributed by atoms with van der Waals surface area (Å²) in [5, 5.41) is 3.57. The van der Waals surface area contributed by atoms with Gasteiger partial charge in [-0.1, -0.05) is 23.2 Å². The Labute approximate surface area is 206 Å². The van der Waals surface area contributed by atoms with Gasteiger partial charge in [0.2, 0.25) is 5.91 Å². The van der Waals surface area contributed by atoms with E-state index in [4.69, 9.17) is 27.9 Å². The molecule has 7 nitrogen and oxygen atoms in total. The molecule has 2 fully saturated rings. The van der Waals surface area contributed by atoms with Crippen molar-refractivity contribution in [1.29, 1.82) is 0 Å². The number of hydrogen-bond donors (Lipinski definition) is 1. The maximum absolute atomic E-state index is 14.7. The molecule has 1 amide bonds. The lowest BCUT2D eigenvalue weighted by atomic mass is 9.77. The van der Waals surface area contributed by atoms with Crippen molar-refractivity contribution in [2.45, 2.75) is 19.3 Å². The second-order valence-corrected chi connectivity index (χ2v) is 9.69. The highest BCUT2D eigenvalue weighted by Gasteiger charge is 2.48. The number of carbonyl (C=O) groups is 1. The first-order chi connectivity index (χ1) is 16.3. The van der Waals surface area contributed by atoms with Gasteiger partial charge in [0.25, 0.3) is 0 Å². The van der Waals surface area contributed by atoms with Gasteiger partial charge in [-0.05, 0) is 57.6 Å². The number of halogens is 3. The zero-order valence-corrected chi connectivity index (χ0v) is 20.4. The van der Waals surface area contributed by atoms with Crippen LogP contribution >= 0.6 is 23.2 Å². The lowest BCUT2D eigenvalue weighted by Gasteiger charge is -2.36. The van der Waals surface area contributed by atoms with Gasteiger partial charge in [0.1, 0.15) is 17.9 Å². The topological polar surface area (TPSA) is 70.6 Å². The molecule has 178 valence electrons. The summed E-state index contributed by atoms with van der Waals surface area (Å²) < 4.78 is 20.3. The third-order valence-electron chi connectivity index (χ3n) is 6.97. The standard InChI is InChI=1S/C24H24Cl2FN5O2/c1-31-8-5-24(6-9-31)7-10-32(23(24)33)18-11-14-17(12-19(18)34-2)28-13-29-22(14)30-16-4-3-15(25)20(26)21(16)27/h3-4,11-13H,5-10H2,1-2H3,(H,28,29,30). The van der Waals surface area contributed by atoms with Gasteiger partial charge >= 0.3 is 0 Å². The number of benzene rings is 2. The summed E-state index contributed by atoms with van der Waals surface area (Å²) in [4.78, 5) is 26.3. The molecule has 0 bridgehead atoms. The van der Waals surface area contributed by atoms with Crippen molar-refractivity contribution in [3.05, 3.63) is 46.5 Å². The summed E-state index contributed by atoms with van der Waals surface area (Å²) in [7, 11) is 3.66. The van der Waals surface area contributed by atoms with Gasteiger partial charge in [0, 0.05) is 18.0 Å². The minimum absolute atomic E-state index is 0.125. The zero-order chi connectivity index (χ0) is 24.0. The summed E-state index contributed by atoms with van der Waals surface area (Å²) in [6.45, 7) is 2.43. The number of fused-ring (bicyclic) bond motifs is 1. The molecule has 1 spiro atoms. The van der Waals surface area contributed by atoms with Crippen molar-refractivity contribution < 1.29 is 13.9 Å². The van der Waals surface area contributed by atoms with E-state index in [1.54, 1.807) is 18.1 Å². The first kappa shape index (κ1) is 23.1. The second kappa shape index (κ2) is 8.83. The fourth-order valence-electron chi connectivity index (χ4n) is 4.86. The van der Waals surface area contributed by atoms with Crippen molar-refractivity contribution >= 4 is 57.2 Å². The van der Waals surface area contributed by atoms with Gasteiger partial charge in [-0.3, -0.25) is 4.79 Å². The summed E-state index contributed by atoms with van der Waals surface area (Å²) in [5.74, 6) is 0.386. The van der Waals surface area contributed by atoms with Crippen LogP contribution in [0.1, 0.15) is 19.3 Å². The van der Waals surface area contributed by atoms with Crippen LogP contribution < -0.4 is 15.0 Å². The number of rotatable bonds is 4. The average molecular weight is 504 g/mol. The van der Waals surface area contributed by atoms with Gasteiger partial charge in [-0.2, -0.15) is 0 Å². The summed E-state index contributed by atoms with van der Waals surface area (Å²) >= 11 is 11.9. The summed E-state index contributed by atoms with van der Waals surface area (Å²) in [6, 6.07) is 6.61. The number of amides is 1. The summed E-state index contributed by atoms with van der Waals surface area (Å²) in [6.07, 6.45) is 3.89. The maximum atomic E-state index is 14.7. The fourth-order valence-corrected chi connectivity index (χ4v) is 5.17. The molecule has 2 aliphatic rings. The second-order valence-electron chi connectivity index (χ2n) is 8.90. The molecule has 2 aromatic carbocycles. The SMILES string of the molecule is COc1cc2ncnc(Nc3ccc(Cl)c(Cl)c3F)c2cc1N1CCC2(CCN(C)CC2)C1=O. The Morgan fingerprint density at radius 2 is 1.85 bits per heavy atom. The Kier molecular flexibility index (Phi) is 6.00. The van der Waals surface area contributed by atoms with E-state index in [-0.39, 0.29) is 27.1 Å². The molecule has 0 aliphatic carbocycles. The Hall–Kier alpha value is -2.68. The van der Waals surface area contributed by atoms with Crippen LogP contribution in [0.3, 0.4) is 0 Å². The van der Waals surface area contributed by atoms with Crippen LogP contribution in [0.2, 0.25) is 10.0 Å². The number of nitrogens with one attached hydrogen (secondary N) is 1. The Morgan fingerprint density at radius 1 is 1.12 bits per heavy atom. The van der Waals surface area contributed by atoms with E-state index in [1.165, 1.54) is 18.5 Å². The third kappa shape index (κ3) is 3.83. The minimum Gasteiger partial charge on any atom is -0.494 e. The monoisotopic (exact) mass is 503 g/mol. The molecule has 2 aliphatic heterocycles. The molecule has 0 radical (unpaired) electrons. The average Bonchev–Trinajstić information content (AvgIpc) is 3.16. The molecule has 3 heterocycles. The number of methoxy groups -OCH3 is 1. The highest BCUT2D eigenvalue weighted by molar-refractivity contribution is 6.42. The number of carbonyl (C=O) groups excluding carboxylic acids is 1. The van der Waals surface area contributed by atoms with E-state index >= 15 is 0 Å². The Morgan fingerprint density at radius 3 is 2.59 bits per heavy atom. The third-order valence-corrected chi connectivity index (χ3v) is 7.75. The normalized spacial score (nSPS) is 18.1. The molecule has 0 unspecified atom stereocenters. The molecule has 0 saturated carbocycles. The van der Waals surface area contributed by atoms with E-state index in [9.17, 15) is 9.18 Å². The molecule has 2 saturated heterocycles. The number of aromatic nitrogens is 2. The number of piperidine rings is 1. The molecule has 5 rings (SSSR count). The molecule has 0 atom stereocenters. The van der Waals surface area contributed by atoms with E-state index in [0.717, 1.165) is 32.4 Å². The molecule has 1 N–H and O–H groups in total. The molecule has 3 aromatic rings. The first-order valence-corrected chi connectivity index (χ1v) is 11.8. The lowest BCUT2D eigenvalue weighted by molar-refractivity contribution is -0.127. The molecular formula is C24H24Cl2FN5O2. The van der Waals surface area contributed by atoms with E-state index in [2.05, 4.69) is 27.2 Å².